The van der Waals surface area contributed by atoms with Crippen LogP contribution in [0.1, 0.15) is 25.0 Å². The van der Waals surface area contributed by atoms with E-state index in [-0.39, 0.29) is 0 Å². The number of carboxylic acids is 1. The van der Waals surface area contributed by atoms with Crippen LogP contribution in [0.15, 0.2) is 72.8 Å². The first-order valence-electron chi connectivity index (χ1n) is 9.79. The molecule has 0 heterocycles. The molecule has 1 N–H and O–H groups in total. The molecule has 0 saturated carbocycles. The molecule has 0 fully saturated rings. The number of ether oxygens (including phenoxy) is 2. The lowest BCUT2D eigenvalue weighted by atomic mass is 10.0. The Labute approximate surface area is 171 Å². The Balaban J connectivity index is 1.58. The summed E-state index contributed by atoms with van der Waals surface area (Å²) in [6.07, 6.45) is 1.58. The van der Waals surface area contributed by atoms with Crippen molar-refractivity contribution in [2.45, 2.75) is 26.4 Å². The Morgan fingerprint density at radius 2 is 1.76 bits per heavy atom. The highest BCUT2D eigenvalue weighted by atomic mass is 16.5. The van der Waals surface area contributed by atoms with Crippen LogP contribution >= 0.6 is 0 Å². The second-order valence-corrected chi connectivity index (χ2v) is 6.89. The van der Waals surface area contributed by atoms with Crippen LogP contribution in [-0.2, 0) is 16.0 Å². The lowest BCUT2D eigenvalue weighted by Gasteiger charge is -2.12. The molecule has 0 radical (unpaired) electrons. The molecule has 3 rings (SSSR count). The van der Waals surface area contributed by atoms with Gasteiger partial charge in [-0.05, 0) is 65.6 Å². The number of hydrogen-bond acceptors (Lipinski definition) is 3. The highest BCUT2D eigenvalue weighted by molar-refractivity contribution is 5.86. The summed E-state index contributed by atoms with van der Waals surface area (Å²) in [5, 5.41) is 11.6. The molecule has 0 aliphatic heterocycles. The van der Waals surface area contributed by atoms with Crippen LogP contribution < -0.4 is 4.74 Å². The number of benzene rings is 3. The van der Waals surface area contributed by atoms with Crippen LogP contribution in [0.5, 0.6) is 5.75 Å². The zero-order valence-corrected chi connectivity index (χ0v) is 16.8. The summed E-state index contributed by atoms with van der Waals surface area (Å²) < 4.78 is 11.1. The van der Waals surface area contributed by atoms with Crippen LogP contribution in [0.4, 0.5) is 0 Å². The Morgan fingerprint density at radius 1 is 1.03 bits per heavy atom. The molecule has 4 nitrogen and oxygen atoms in total. The normalized spacial score (nSPS) is 12.7. The number of rotatable bonds is 9. The highest BCUT2D eigenvalue weighted by Gasteiger charge is 2.17. The molecule has 0 saturated heterocycles. The maximum atomic E-state index is 11.2. The van der Waals surface area contributed by atoms with E-state index >= 15 is 0 Å². The number of carboxylic acid groups (broad SMARTS) is 1. The van der Waals surface area contributed by atoms with Crippen LogP contribution in [0, 0.1) is 0 Å². The topological polar surface area (TPSA) is 55.8 Å². The fourth-order valence-electron chi connectivity index (χ4n) is 3.17. The van der Waals surface area contributed by atoms with E-state index in [1.807, 2.05) is 36.4 Å². The molecule has 4 heteroatoms. The summed E-state index contributed by atoms with van der Waals surface area (Å²) in [7, 11) is 0. The molecule has 0 aliphatic rings. The molecule has 0 aromatic heterocycles. The minimum absolute atomic E-state index is 0.338. The number of aliphatic carboxylic acids is 1. The second kappa shape index (κ2) is 9.89. The van der Waals surface area contributed by atoms with Crippen molar-refractivity contribution >= 4 is 22.3 Å². The summed E-state index contributed by atoms with van der Waals surface area (Å²) in [4.78, 5) is 11.2. The van der Waals surface area contributed by atoms with Gasteiger partial charge in [-0.15, -0.1) is 0 Å². The zero-order valence-electron chi connectivity index (χ0n) is 16.8. The van der Waals surface area contributed by atoms with Crippen LogP contribution in [0.2, 0.25) is 0 Å². The van der Waals surface area contributed by atoms with Crippen LogP contribution in [-0.4, -0.2) is 30.4 Å². The maximum Gasteiger partial charge on any atom is 0.333 e. The van der Waals surface area contributed by atoms with Crippen LogP contribution in [0.25, 0.3) is 16.3 Å². The number of allylic oxidation sites excluding steroid dienone is 1. The van der Waals surface area contributed by atoms with Crippen molar-refractivity contribution in [1.29, 1.82) is 0 Å². The van der Waals surface area contributed by atoms with Gasteiger partial charge in [0.1, 0.15) is 12.4 Å². The molecule has 0 aliphatic carbocycles. The number of carbonyl (C=O) groups is 1. The minimum Gasteiger partial charge on any atom is -0.490 e. The summed E-state index contributed by atoms with van der Waals surface area (Å²) in [6, 6.07) is 22.2. The van der Waals surface area contributed by atoms with Crippen molar-refractivity contribution in [2.75, 3.05) is 13.2 Å². The third-order valence-corrected chi connectivity index (χ3v) is 4.83. The third kappa shape index (κ3) is 5.69. The average molecular weight is 390 g/mol. The molecule has 0 bridgehead atoms. The predicted molar refractivity (Wildman–Crippen MR) is 116 cm³/mol. The summed E-state index contributed by atoms with van der Waals surface area (Å²) in [5.74, 6) is -0.193. The van der Waals surface area contributed by atoms with E-state index in [4.69, 9.17) is 9.47 Å². The van der Waals surface area contributed by atoms with E-state index in [0.29, 0.717) is 19.6 Å². The van der Waals surface area contributed by atoms with Gasteiger partial charge >= 0.3 is 5.97 Å². The van der Waals surface area contributed by atoms with E-state index in [1.54, 1.807) is 6.92 Å². The molecule has 150 valence electrons. The molecule has 0 amide bonds. The molecule has 1 atom stereocenters. The molecule has 0 unspecified atom stereocenters. The van der Waals surface area contributed by atoms with E-state index in [0.717, 1.165) is 16.9 Å². The highest BCUT2D eigenvalue weighted by Crippen LogP contribution is 2.21. The Bertz CT molecular complexity index is 989. The predicted octanol–water partition coefficient (Wildman–Crippen LogP) is 5.35. The Kier molecular flexibility index (Phi) is 7.04. The Morgan fingerprint density at radius 3 is 2.45 bits per heavy atom. The van der Waals surface area contributed by atoms with Gasteiger partial charge in [0, 0.05) is 13.0 Å². The van der Waals surface area contributed by atoms with E-state index in [9.17, 15) is 9.90 Å². The van der Waals surface area contributed by atoms with Crippen molar-refractivity contribution in [2.24, 2.45) is 0 Å². The third-order valence-electron chi connectivity index (χ3n) is 4.83. The quantitative estimate of drug-likeness (QED) is 0.535. The monoisotopic (exact) mass is 390 g/mol. The molecular weight excluding hydrogens is 364 g/mol. The maximum absolute atomic E-state index is 11.2. The van der Waals surface area contributed by atoms with Gasteiger partial charge in [-0.25, -0.2) is 4.79 Å². The first-order chi connectivity index (χ1) is 14.1. The molecular formula is C25H26O4. The first kappa shape index (κ1) is 20.6. The standard InChI is InChI=1S/C25H26O4/c1-3-28-24(25(26)27)16-19-8-12-23(13-9-19)29-15-14-18(2)21-11-10-20-6-4-5-7-22(20)17-21/h4-14,17,24H,3,15-16H2,1-2H3,(H,26,27)/t24-/m0/s1. The van der Waals surface area contributed by atoms with Gasteiger partial charge in [0.25, 0.3) is 0 Å². The van der Waals surface area contributed by atoms with Gasteiger partial charge in [-0.2, -0.15) is 0 Å². The second-order valence-electron chi connectivity index (χ2n) is 6.89. The van der Waals surface area contributed by atoms with Crippen molar-refractivity contribution in [3.8, 4) is 5.75 Å². The van der Waals surface area contributed by atoms with E-state index in [2.05, 4.69) is 43.3 Å². The van der Waals surface area contributed by atoms with Gasteiger partial charge in [0.2, 0.25) is 0 Å². The average Bonchev–Trinajstić information content (AvgIpc) is 2.74. The lowest BCUT2D eigenvalue weighted by Crippen LogP contribution is -2.26. The zero-order chi connectivity index (χ0) is 20.6. The van der Waals surface area contributed by atoms with E-state index in [1.165, 1.54) is 16.3 Å². The van der Waals surface area contributed by atoms with Gasteiger partial charge < -0.3 is 14.6 Å². The summed E-state index contributed by atoms with van der Waals surface area (Å²) >= 11 is 0. The van der Waals surface area contributed by atoms with E-state index < -0.39 is 12.1 Å². The Hall–Kier alpha value is -3.11. The number of fused-ring (bicyclic) bond motifs is 1. The summed E-state index contributed by atoms with van der Waals surface area (Å²) in [6.45, 7) is 4.71. The summed E-state index contributed by atoms with van der Waals surface area (Å²) in [5.41, 5.74) is 3.24. The van der Waals surface area contributed by atoms with Gasteiger partial charge in [-0.1, -0.05) is 48.5 Å². The van der Waals surface area contributed by atoms with Crippen molar-refractivity contribution in [1.82, 2.24) is 0 Å². The smallest absolute Gasteiger partial charge is 0.333 e. The van der Waals surface area contributed by atoms with Crippen LogP contribution in [0.3, 0.4) is 0 Å². The van der Waals surface area contributed by atoms with Gasteiger partial charge in [0.05, 0.1) is 0 Å². The molecule has 0 spiro atoms. The van der Waals surface area contributed by atoms with Crippen molar-refractivity contribution in [3.63, 3.8) is 0 Å². The molecule has 29 heavy (non-hydrogen) atoms. The molecule has 3 aromatic rings. The molecule has 3 aromatic carbocycles. The number of hydrogen-bond donors (Lipinski definition) is 1. The fraction of sp³-hybridized carbons (Fsp3) is 0.240. The SMILES string of the molecule is CCO[C@@H](Cc1ccc(OCC=C(C)c2ccc3ccccc3c2)cc1)C(=O)O. The lowest BCUT2D eigenvalue weighted by molar-refractivity contribution is -0.149. The van der Waals surface area contributed by atoms with Gasteiger partial charge in [-0.3, -0.25) is 0 Å². The van der Waals surface area contributed by atoms with Crippen molar-refractivity contribution < 1.29 is 19.4 Å². The first-order valence-corrected chi connectivity index (χ1v) is 9.79. The fourth-order valence-corrected chi connectivity index (χ4v) is 3.17. The minimum atomic E-state index is -0.943. The van der Waals surface area contributed by atoms with Crippen molar-refractivity contribution in [3.05, 3.63) is 83.9 Å². The van der Waals surface area contributed by atoms with Gasteiger partial charge in [0.15, 0.2) is 6.10 Å². The largest absolute Gasteiger partial charge is 0.490 e.